The first kappa shape index (κ1) is 18.5. The van der Waals surface area contributed by atoms with Crippen molar-refractivity contribution in [1.29, 1.82) is 5.26 Å². The molecule has 0 spiro atoms. The summed E-state index contributed by atoms with van der Waals surface area (Å²) in [7, 11) is 1.27. The Morgan fingerprint density at radius 1 is 1.22 bits per heavy atom. The van der Waals surface area contributed by atoms with Crippen LogP contribution < -0.4 is 10.5 Å². The summed E-state index contributed by atoms with van der Waals surface area (Å²) < 4.78 is 32.6. The Hall–Kier alpha value is -3.33. The van der Waals surface area contributed by atoms with E-state index in [0.717, 1.165) is 30.9 Å². The quantitative estimate of drug-likeness (QED) is 0.597. The second-order valence-electron chi connectivity index (χ2n) is 6.25. The lowest BCUT2D eigenvalue weighted by atomic mass is 9.88. The van der Waals surface area contributed by atoms with Crippen molar-refractivity contribution in [2.45, 2.75) is 19.3 Å². The predicted molar refractivity (Wildman–Crippen MR) is 99.1 cm³/mol. The van der Waals surface area contributed by atoms with Crippen molar-refractivity contribution in [3.05, 3.63) is 76.1 Å². The fourth-order valence-corrected chi connectivity index (χ4v) is 3.02. The number of hydrogen-bond donors (Lipinski definition) is 2. The van der Waals surface area contributed by atoms with E-state index in [1.165, 1.54) is 37.5 Å². The lowest BCUT2D eigenvalue weighted by molar-refractivity contribution is 0.385. The maximum Gasteiger partial charge on any atom is 0.172 e. The maximum absolute atomic E-state index is 14.0. The van der Waals surface area contributed by atoms with E-state index < -0.39 is 11.6 Å². The second-order valence-corrected chi connectivity index (χ2v) is 6.25. The first-order valence-corrected chi connectivity index (χ1v) is 8.41. The third kappa shape index (κ3) is 3.49. The van der Waals surface area contributed by atoms with Crippen LogP contribution in [-0.4, -0.2) is 12.2 Å². The van der Waals surface area contributed by atoms with E-state index in [2.05, 4.69) is 0 Å². The molecule has 1 aliphatic rings. The number of nitriles is 1. The van der Waals surface area contributed by atoms with E-state index >= 15 is 0 Å². The molecular weight excluding hydrogens is 350 g/mol. The van der Waals surface area contributed by atoms with E-state index in [0.29, 0.717) is 16.7 Å². The molecule has 2 aromatic rings. The van der Waals surface area contributed by atoms with Crippen LogP contribution in [0.3, 0.4) is 0 Å². The molecule has 0 saturated heterocycles. The van der Waals surface area contributed by atoms with Crippen molar-refractivity contribution in [2.75, 3.05) is 12.8 Å². The van der Waals surface area contributed by atoms with Crippen LogP contribution >= 0.6 is 0 Å². The number of nitrogens with zero attached hydrogens (tertiary/aromatic N) is 1. The van der Waals surface area contributed by atoms with Gasteiger partial charge in [-0.3, -0.25) is 0 Å². The molecule has 27 heavy (non-hydrogen) atoms. The Kier molecular flexibility index (Phi) is 5.13. The molecule has 3 N–H and O–H groups in total. The number of nitrogens with two attached hydrogens (primary N) is 1. The molecular formula is C21H18F2N2O2. The molecule has 0 radical (unpaired) electrons. The lowest BCUT2D eigenvalue weighted by Gasteiger charge is -2.19. The molecule has 138 valence electrons. The van der Waals surface area contributed by atoms with Gasteiger partial charge in [0.2, 0.25) is 0 Å². The van der Waals surface area contributed by atoms with Gasteiger partial charge in [0.1, 0.15) is 23.2 Å². The Morgan fingerprint density at radius 3 is 2.48 bits per heavy atom. The Morgan fingerprint density at radius 2 is 1.93 bits per heavy atom. The number of nitrogen functional groups attached to an aromatic ring is 1. The molecule has 0 aromatic heterocycles. The zero-order chi connectivity index (χ0) is 19.6. The summed E-state index contributed by atoms with van der Waals surface area (Å²) >= 11 is 0. The molecule has 1 fully saturated rings. The molecule has 4 nitrogen and oxygen atoms in total. The second kappa shape index (κ2) is 7.50. The van der Waals surface area contributed by atoms with Crippen molar-refractivity contribution < 1.29 is 18.6 Å². The minimum absolute atomic E-state index is 0.0288. The van der Waals surface area contributed by atoms with Gasteiger partial charge in [0, 0.05) is 16.8 Å². The van der Waals surface area contributed by atoms with Gasteiger partial charge < -0.3 is 15.6 Å². The molecule has 6 heteroatoms. The van der Waals surface area contributed by atoms with Gasteiger partial charge in [0.25, 0.3) is 0 Å². The number of ether oxygens (including phenoxy) is 1. The molecule has 0 atom stereocenters. The van der Waals surface area contributed by atoms with Gasteiger partial charge in [0.15, 0.2) is 11.6 Å². The third-order valence-corrected chi connectivity index (χ3v) is 4.62. The number of rotatable bonds is 4. The standard InChI is InChI=1S/C21H18F2N2O2/c1-27-21-17(11-24)14(7-8-18(21)23)16(10-20(26)12-3-2-4-12)15-6-5-13(22)9-19(15)25/h5-10,26H,2-4,25H2,1H3/b16-10+. The third-order valence-electron chi connectivity index (χ3n) is 4.62. The number of aliphatic hydroxyl groups is 1. The van der Waals surface area contributed by atoms with Crippen LogP contribution in [0.5, 0.6) is 5.75 Å². The van der Waals surface area contributed by atoms with E-state index in [9.17, 15) is 19.1 Å². The summed E-state index contributed by atoms with van der Waals surface area (Å²) in [5.41, 5.74) is 8.13. The summed E-state index contributed by atoms with van der Waals surface area (Å²) in [5.74, 6) is -1.30. The zero-order valence-corrected chi connectivity index (χ0v) is 14.7. The SMILES string of the molecule is COc1c(F)ccc(/C(=C\C(O)=C2CCC2)c2ccc(F)cc2N)c1C#N. The van der Waals surface area contributed by atoms with E-state index in [4.69, 9.17) is 10.5 Å². The largest absolute Gasteiger partial charge is 0.508 e. The first-order chi connectivity index (χ1) is 13.0. The Bertz CT molecular complexity index is 998. The van der Waals surface area contributed by atoms with Gasteiger partial charge >= 0.3 is 0 Å². The first-order valence-electron chi connectivity index (χ1n) is 8.41. The highest BCUT2D eigenvalue weighted by Crippen LogP contribution is 2.37. The van der Waals surface area contributed by atoms with Crippen LogP contribution in [0.2, 0.25) is 0 Å². The lowest BCUT2D eigenvalue weighted by Crippen LogP contribution is -2.04. The number of halogens is 2. The van der Waals surface area contributed by atoms with Gasteiger partial charge in [-0.1, -0.05) is 0 Å². The molecule has 0 amide bonds. The number of anilines is 1. The summed E-state index contributed by atoms with van der Waals surface area (Å²) in [6, 6.07) is 8.40. The van der Waals surface area contributed by atoms with Crippen molar-refractivity contribution in [1.82, 2.24) is 0 Å². The van der Waals surface area contributed by atoms with E-state index in [1.807, 2.05) is 6.07 Å². The summed E-state index contributed by atoms with van der Waals surface area (Å²) in [6.07, 6.45) is 4.05. The van der Waals surface area contributed by atoms with Gasteiger partial charge in [0.05, 0.1) is 7.11 Å². The van der Waals surface area contributed by atoms with Crippen LogP contribution in [0.25, 0.3) is 5.57 Å². The number of allylic oxidation sites excluding steroid dienone is 2. The fraction of sp³-hybridized carbons (Fsp3) is 0.190. The Balaban J connectivity index is 2.29. The Labute approximate surface area is 155 Å². The van der Waals surface area contributed by atoms with Crippen LogP contribution in [0.4, 0.5) is 14.5 Å². The molecule has 1 saturated carbocycles. The number of hydrogen-bond acceptors (Lipinski definition) is 4. The fourth-order valence-electron chi connectivity index (χ4n) is 3.02. The normalized spacial score (nSPS) is 13.7. The number of aliphatic hydroxyl groups excluding tert-OH is 1. The molecule has 0 aliphatic heterocycles. The van der Waals surface area contributed by atoms with Crippen molar-refractivity contribution in [3.8, 4) is 11.8 Å². The maximum atomic E-state index is 14.0. The van der Waals surface area contributed by atoms with Gasteiger partial charge in [-0.15, -0.1) is 0 Å². The summed E-state index contributed by atoms with van der Waals surface area (Å²) in [5, 5.41) is 20.0. The molecule has 3 rings (SSSR count). The van der Waals surface area contributed by atoms with Crippen molar-refractivity contribution >= 4 is 11.3 Å². The molecule has 1 aliphatic carbocycles. The van der Waals surface area contributed by atoms with Gasteiger partial charge in [-0.25, -0.2) is 8.78 Å². The average molecular weight is 368 g/mol. The summed E-state index contributed by atoms with van der Waals surface area (Å²) in [4.78, 5) is 0. The van der Waals surface area contributed by atoms with Crippen LogP contribution in [0.1, 0.15) is 36.0 Å². The van der Waals surface area contributed by atoms with Crippen molar-refractivity contribution in [2.24, 2.45) is 0 Å². The predicted octanol–water partition coefficient (Wildman–Crippen LogP) is 4.85. The van der Waals surface area contributed by atoms with Crippen LogP contribution in [0, 0.1) is 23.0 Å². The highest BCUT2D eigenvalue weighted by atomic mass is 19.1. The minimum atomic E-state index is -0.675. The highest BCUT2D eigenvalue weighted by molar-refractivity contribution is 5.89. The van der Waals surface area contributed by atoms with Crippen molar-refractivity contribution in [3.63, 3.8) is 0 Å². The monoisotopic (exact) mass is 368 g/mol. The smallest absolute Gasteiger partial charge is 0.172 e. The van der Waals surface area contributed by atoms with E-state index in [1.54, 1.807) is 0 Å². The van der Waals surface area contributed by atoms with Crippen LogP contribution in [-0.2, 0) is 0 Å². The van der Waals surface area contributed by atoms with Gasteiger partial charge in [-0.05, 0) is 66.8 Å². The minimum Gasteiger partial charge on any atom is -0.508 e. The summed E-state index contributed by atoms with van der Waals surface area (Å²) in [6.45, 7) is 0. The number of methoxy groups -OCH3 is 1. The molecule has 0 heterocycles. The molecule has 2 aromatic carbocycles. The topological polar surface area (TPSA) is 79.3 Å². The average Bonchev–Trinajstić information content (AvgIpc) is 2.58. The number of benzene rings is 2. The highest BCUT2D eigenvalue weighted by Gasteiger charge is 2.21. The van der Waals surface area contributed by atoms with Gasteiger partial charge in [-0.2, -0.15) is 5.26 Å². The molecule has 0 unspecified atom stereocenters. The zero-order valence-electron chi connectivity index (χ0n) is 14.7. The van der Waals surface area contributed by atoms with Crippen LogP contribution in [0.15, 0.2) is 47.7 Å². The van der Waals surface area contributed by atoms with E-state index in [-0.39, 0.29) is 22.8 Å². The molecule has 0 bridgehead atoms.